The Labute approximate surface area is 79.0 Å². The van der Waals surface area contributed by atoms with Gasteiger partial charge in [-0.25, -0.2) is 4.79 Å². The number of carboxylic acids is 1. The van der Waals surface area contributed by atoms with Crippen LogP contribution in [0.2, 0.25) is 0 Å². The third-order valence-corrected chi connectivity index (χ3v) is 2.55. The zero-order valence-corrected chi connectivity index (χ0v) is 7.83. The molecule has 0 spiro atoms. The molecule has 2 nitrogen and oxygen atoms in total. The summed E-state index contributed by atoms with van der Waals surface area (Å²) in [5.74, 6) is -0.381. The van der Waals surface area contributed by atoms with Crippen molar-refractivity contribution in [3.05, 3.63) is 24.3 Å². The summed E-state index contributed by atoms with van der Waals surface area (Å²) in [7, 11) is 0. The summed E-state index contributed by atoms with van der Waals surface area (Å²) in [5.41, 5.74) is 1.10. The van der Waals surface area contributed by atoms with Gasteiger partial charge in [-0.15, -0.1) is 6.58 Å². The summed E-state index contributed by atoms with van der Waals surface area (Å²) in [6.07, 6.45) is 8.59. The molecule has 0 aromatic rings. The first-order chi connectivity index (χ1) is 6.24. The Bertz CT molecular complexity index is 228. The van der Waals surface area contributed by atoms with E-state index in [2.05, 4.69) is 6.58 Å². The van der Waals surface area contributed by atoms with Crippen LogP contribution in [0, 0.1) is 5.92 Å². The van der Waals surface area contributed by atoms with Gasteiger partial charge in [0.1, 0.15) is 0 Å². The van der Waals surface area contributed by atoms with Gasteiger partial charge in [-0.05, 0) is 31.6 Å². The molecular formula is C11H16O2. The monoisotopic (exact) mass is 180 g/mol. The van der Waals surface area contributed by atoms with Crippen molar-refractivity contribution in [2.24, 2.45) is 5.92 Å². The highest BCUT2D eigenvalue weighted by Crippen LogP contribution is 2.31. The van der Waals surface area contributed by atoms with Gasteiger partial charge in [0.05, 0.1) is 0 Å². The van der Waals surface area contributed by atoms with Crippen LogP contribution in [-0.2, 0) is 4.79 Å². The molecule has 0 unspecified atom stereocenters. The van der Waals surface area contributed by atoms with Crippen molar-refractivity contribution in [3.8, 4) is 0 Å². The van der Waals surface area contributed by atoms with E-state index in [0.29, 0.717) is 5.92 Å². The molecule has 13 heavy (non-hydrogen) atoms. The molecule has 0 bridgehead atoms. The minimum atomic E-state index is -0.814. The van der Waals surface area contributed by atoms with E-state index in [-0.39, 0.29) is 0 Å². The van der Waals surface area contributed by atoms with Crippen molar-refractivity contribution in [3.63, 3.8) is 0 Å². The molecule has 0 aromatic heterocycles. The number of aliphatic carboxylic acids is 1. The lowest BCUT2D eigenvalue weighted by molar-refractivity contribution is -0.131. The first-order valence-electron chi connectivity index (χ1n) is 4.78. The van der Waals surface area contributed by atoms with Crippen LogP contribution >= 0.6 is 0 Å². The van der Waals surface area contributed by atoms with E-state index in [0.717, 1.165) is 31.3 Å². The lowest BCUT2D eigenvalue weighted by Crippen LogP contribution is -2.10. The maximum atomic E-state index is 10.5. The summed E-state index contributed by atoms with van der Waals surface area (Å²) in [6.45, 7) is 3.69. The highest BCUT2D eigenvalue weighted by atomic mass is 16.4. The number of carbonyl (C=O) groups is 1. The van der Waals surface area contributed by atoms with Crippen molar-refractivity contribution in [2.45, 2.75) is 32.1 Å². The lowest BCUT2D eigenvalue weighted by Gasteiger charge is -2.23. The molecule has 0 radical (unpaired) electrons. The van der Waals surface area contributed by atoms with Crippen molar-refractivity contribution >= 4 is 5.97 Å². The molecule has 0 aliphatic heterocycles. The SMILES string of the molecule is C=CC[C@H]1CCCC/C1=C\C(=O)O. The lowest BCUT2D eigenvalue weighted by atomic mass is 9.82. The molecule has 0 amide bonds. The van der Waals surface area contributed by atoms with Gasteiger partial charge in [0.15, 0.2) is 0 Å². The molecule has 1 aliphatic carbocycles. The van der Waals surface area contributed by atoms with Crippen molar-refractivity contribution in [1.29, 1.82) is 0 Å². The second-order valence-corrected chi connectivity index (χ2v) is 3.52. The van der Waals surface area contributed by atoms with Crippen LogP contribution in [0.5, 0.6) is 0 Å². The van der Waals surface area contributed by atoms with Crippen LogP contribution in [0.1, 0.15) is 32.1 Å². The molecule has 2 heteroatoms. The van der Waals surface area contributed by atoms with Gasteiger partial charge in [0.25, 0.3) is 0 Å². The van der Waals surface area contributed by atoms with Crippen molar-refractivity contribution < 1.29 is 9.90 Å². The predicted molar refractivity (Wildman–Crippen MR) is 52.5 cm³/mol. The first-order valence-corrected chi connectivity index (χ1v) is 4.78. The normalized spacial score (nSPS) is 25.8. The molecule has 1 saturated carbocycles. The first kappa shape index (κ1) is 10.0. The minimum absolute atomic E-state index is 0.433. The molecule has 1 rings (SSSR count). The average molecular weight is 180 g/mol. The fourth-order valence-corrected chi connectivity index (χ4v) is 1.93. The molecule has 0 aromatic carbocycles. The molecular weight excluding hydrogens is 164 g/mol. The van der Waals surface area contributed by atoms with E-state index < -0.39 is 5.97 Å². The number of hydrogen-bond donors (Lipinski definition) is 1. The summed E-state index contributed by atoms with van der Waals surface area (Å²) < 4.78 is 0. The Morgan fingerprint density at radius 2 is 2.38 bits per heavy atom. The maximum Gasteiger partial charge on any atom is 0.328 e. The zero-order valence-electron chi connectivity index (χ0n) is 7.83. The number of hydrogen-bond acceptors (Lipinski definition) is 1. The van der Waals surface area contributed by atoms with E-state index in [1.165, 1.54) is 12.5 Å². The van der Waals surface area contributed by atoms with Crippen LogP contribution in [0.25, 0.3) is 0 Å². The predicted octanol–water partition coefficient (Wildman–Crippen LogP) is 2.76. The highest BCUT2D eigenvalue weighted by Gasteiger charge is 2.18. The van der Waals surface area contributed by atoms with E-state index in [1.807, 2.05) is 6.08 Å². The van der Waals surface area contributed by atoms with E-state index in [1.54, 1.807) is 0 Å². The largest absolute Gasteiger partial charge is 0.478 e. The summed E-state index contributed by atoms with van der Waals surface area (Å²) in [6, 6.07) is 0. The quantitative estimate of drug-likeness (QED) is 0.535. The van der Waals surface area contributed by atoms with Gasteiger partial charge in [0, 0.05) is 6.08 Å². The summed E-state index contributed by atoms with van der Waals surface area (Å²) in [4.78, 5) is 10.5. The van der Waals surface area contributed by atoms with Crippen LogP contribution in [-0.4, -0.2) is 11.1 Å². The smallest absolute Gasteiger partial charge is 0.328 e. The molecule has 0 heterocycles. The Morgan fingerprint density at radius 1 is 1.62 bits per heavy atom. The molecule has 1 atom stereocenters. The highest BCUT2D eigenvalue weighted by molar-refractivity contribution is 5.80. The van der Waals surface area contributed by atoms with Gasteiger partial charge in [-0.2, -0.15) is 0 Å². The molecule has 1 N–H and O–H groups in total. The van der Waals surface area contributed by atoms with Crippen molar-refractivity contribution in [1.82, 2.24) is 0 Å². The zero-order chi connectivity index (χ0) is 9.68. The van der Waals surface area contributed by atoms with Gasteiger partial charge < -0.3 is 5.11 Å². The second kappa shape index (κ2) is 4.85. The fourth-order valence-electron chi connectivity index (χ4n) is 1.93. The van der Waals surface area contributed by atoms with Gasteiger partial charge in [0.2, 0.25) is 0 Å². The average Bonchev–Trinajstić information content (AvgIpc) is 2.08. The van der Waals surface area contributed by atoms with Crippen LogP contribution in [0.15, 0.2) is 24.3 Å². The van der Waals surface area contributed by atoms with Crippen LogP contribution in [0.4, 0.5) is 0 Å². The minimum Gasteiger partial charge on any atom is -0.478 e. The third-order valence-electron chi connectivity index (χ3n) is 2.55. The number of carboxylic acid groups (broad SMARTS) is 1. The Morgan fingerprint density at radius 3 is 3.00 bits per heavy atom. The Balaban J connectivity index is 2.66. The van der Waals surface area contributed by atoms with E-state index >= 15 is 0 Å². The fraction of sp³-hybridized carbons (Fsp3) is 0.545. The molecule has 1 aliphatic rings. The standard InChI is InChI=1S/C11H16O2/c1-2-5-9-6-3-4-7-10(9)8-11(12)13/h2,8-9H,1,3-7H2,(H,12,13)/b10-8+/t9-/m0/s1. The topological polar surface area (TPSA) is 37.3 Å². The van der Waals surface area contributed by atoms with E-state index in [4.69, 9.17) is 5.11 Å². The summed E-state index contributed by atoms with van der Waals surface area (Å²) in [5, 5.41) is 8.65. The Hall–Kier alpha value is -1.05. The van der Waals surface area contributed by atoms with Gasteiger partial charge >= 0.3 is 5.97 Å². The maximum absolute atomic E-state index is 10.5. The van der Waals surface area contributed by atoms with Gasteiger partial charge in [-0.1, -0.05) is 18.1 Å². The van der Waals surface area contributed by atoms with E-state index in [9.17, 15) is 4.79 Å². The van der Waals surface area contributed by atoms with Gasteiger partial charge in [-0.3, -0.25) is 0 Å². The van der Waals surface area contributed by atoms with Crippen LogP contribution in [0.3, 0.4) is 0 Å². The Kier molecular flexibility index (Phi) is 3.74. The second-order valence-electron chi connectivity index (χ2n) is 3.52. The van der Waals surface area contributed by atoms with Crippen molar-refractivity contribution in [2.75, 3.05) is 0 Å². The molecule has 72 valence electrons. The molecule has 0 saturated heterocycles. The van der Waals surface area contributed by atoms with Crippen LogP contribution < -0.4 is 0 Å². The number of allylic oxidation sites excluding steroid dienone is 2. The number of rotatable bonds is 3. The summed E-state index contributed by atoms with van der Waals surface area (Å²) >= 11 is 0. The third kappa shape index (κ3) is 3.05. The molecule has 1 fully saturated rings.